The van der Waals surface area contributed by atoms with E-state index in [1.165, 1.54) is 0 Å². The summed E-state index contributed by atoms with van der Waals surface area (Å²) in [5.41, 5.74) is 3.23. The van der Waals surface area contributed by atoms with E-state index in [-0.39, 0.29) is 0 Å². The number of nitrogens with zero attached hydrogens (tertiary/aromatic N) is 3. The van der Waals surface area contributed by atoms with E-state index in [9.17, 15) is 0 Å². The fourth-order valence-corrected chi connectivity index (χ4v) is 1.89. The van der Waals surface area contributed by atoms with Gasteiger partial charge in [-0.05, 0) is 18.2 Å². The van der Waals surface area contributed by atoms with Crippen molar-refractivity contribution in [3.63, 3.8) is 0 Å². The van der Waals surface area contributed by atoms with E-state index >= 15 is 0 Å². The van der Waals surface area contributed by atoms with Gasteiger partial charge in [0.25, 0.3) is 0 Å². The Bertz CT molecular complexity index is 612. The summed E-state index contributed by atoms with van der Waals surface area (Å²) in [6.07, 6.45) is 5.68. The molecule has 0 spiro atoms. The molecule has 0 saturated heterocycles. The highest BCUT2D eigenvalue weighted by Gasteiger charge is 2.01. The average Bonchev–Trinajstić information content (AvgIpc) is 3.11. The summed E-state index contributed by atoms with van der Waals surface area (Å²) in [5.74, 6) is 0. The number of para-hydroxylation sites is 1. The topological polar surface area (TPSA) is 58.5 Å². The van der Waals surface area contributed by atoms with Crippen LogP contribution in [0, 0.1) is 0 Å². The third kappa shape index (κ3) is 2.89. The van der Waals surface area contributed by atoms with Gasteiger partial charge >= 0.3 is 0 Å². The molecular weight excluding hydrogens is 238 g/mol. The van der Waals surface area contributed by atoms with Gasteiger partial charge in [0, 0.05) is 31.0 Å². The second-order valence-electron chi connectivity index (χ2n) is 4.30. The van der Waals surface area contributed by atoms with Crippen molar-refractivity contribution in [3.05, 3.63) is 66.2 Å². The van der Waals surface area contributed by atoms with Crippen molar-refractivity contribution >= 4 is 0 Å². The molecule has 0 unspecified atom stereocenters. The SMILES string of the molecule is c1ccc(-n2ccc(CNCc3cn[nH]c3)n2)cc1. The van der Waals surface area contributed by atoms with Crippen LogP contribution in [0.25, 0.3) is 5.69 Å². The van der Waals surface area contributed by atoms with E-state index in [4.69, 9.17) is 0 Å². The van der Waals surface area contributed by atoms with E-state index < -0.39 is 0 Å². The third-order valence-electron chi connectivity index (χ3n) is 2.86. The molecule has 5 heteroatoms. The third-order valence-corrected chi connectivity index (χ3v) is 2.86. The molecular formula is C14H15N5. The van der Waals surface area contributed by atoms with Gasteiger partial charge in [-0.25, -0.2) is 4.68 Å². The largest absolute Gasteiger partial charge is 0.307 e. The van der Waals surface area contributed by atoms with Gasteiger partial charge in [0.1, 0.15) is 0 Å². The molecule has 0 saturated carbocycles. The lowest BCUT2D eigenvalue weighted by Crippen LogP contribution is -2.12. The molecule has 5 nitrogen and oxygen atoms in total. The molecule has 2 N–H and O–H groups in total. The lowest BCUT2D eigenvalue weighted by Gasteiger charge is -2.01. The molecule has 0 bridgehead atoms. The van der Waals surface area contributed by atoms with Crippen molar-refractivity contribution in [2.75, 3.05) is 0 Å². The van der Waals surface area contributed by atoms with Crippen molar-refractivity contribution in [3.8, 4) is 5.69 Å². The van der Waals surface area contributed by atoms with E-state index in [1.807, 2.05) is 59.7 Å². The Labute approximate surface area is 111 Å². The number of aromatic nitrogens is 4. The molecule has 0 radical (unpaired) electrons. The van der Waals surface area contributed by atoms with Crippen molar-refractivity contribution in [2.45, 2.75) is 13.1 Å². The molecule has 0 aliphatic heterocycles. The summed E-state index contributed by atoms with van der Waals surface area (Å²) in [4.78, 5) is 0. The molecule has 0 amide bonds. The average molecular weight is 253 g/mol. The minimum absolute atomic E-state index is 0.741. The maximum absolute atomic E-state index is 4.53. The number of H-pyrrole nitrogens is 1. The van der Waals surface area contributed by atoms with Gasteiger partial charge in [-0.2, -0.15) is 10.2 Å². The molecule has 0 fully saturated rings. The fourth-order valence-electron chi connectivity index (χ4n) is 1.89. The Morgan fingerprint density at radius 2 is 2.00 bits per heavy atom. The first-order valence-electron chi connectivity index (χ1n) is 6.20. The zero-order valence-electron chi connectivity index (χ0n) is 10.5. The summed E-state index contributed by atoms with van der Waals surface area (Å²) in [6, 6.07) is 12.1. The minimum atomic E-state index is 0.741. The number of hydrogen-bond donors (Lipinski definition) is 2. The highest BCUT2D eigenvalue weighted by molar-refractivity contribution is 5.30. The summed E-state index contributed by atoms with van der Waals surface area (Å²) < 4.78 is 1.88. The van der Waals surface area contributed by atoms with Gasteiger partial charge in [0.15, 0.2) is 0 Å². The molecule has 0 atom stereocenters. The van der Waals surface area contributed by atoms with Gasteiger partial charge in [-0.15, -0.1) is 0 Å². The number of hydrogen-bond acceptors (Lipinski definition) is 3. The van der Waals surface area contributed by atoms with Crippen LogP contribution in [0.2, 0.25) is 0 Å². The van der Waals surface area contributed by atoms with Gasteiger partial charge in [-0.3, -0.25) is 5.10 Å². The predicted octanol–water partition coefficient (Wildman–Crippen LogP) is 1.89. The fraction of sp³-hybridized carbons (Fsp3) is 0.143. The van der Waals surface area contributed by atoms with Gasteiger partial charge in [-0.1, -0.05) is 18.2 Å². The van der Waals surface area contributed by atoms with Crippen molar-refractivity contribution in [2.24, 2.45) is 0 Å². The standard InChI is InChI=1S/C14H15N5/c1-2-4-14(5-3-1)19-7-6-13(18-19)11-15-8-12-9-16-17-10-12/h1-7,9-10,15H,8,11H2,(H,16,17). The molecule has 0 aliphatic carbocycles. The Kier molecular flexibility index (Phi) is 3.38. The van der Waals surface area contributed by atoms with Crippen LogP contribution in [-0.2, 0) is 13.1 Å². The second-order valence-corrected chi connectivity index (χ2v) is 4.30. The van der Waals surface area contributed by atoms with Crippen LogP contribution < -0.4 is 5.32 Å². The zero-order chi connectivity index (χ0) is 12.9. The number of benzene rings is 1. The summed E-state index contributed by atoms with van der Waals surface area (Å²) in [7, 11) is 0. The van der Waals surface area contributed by atoms with Crippen LogP contribution in [0.1, 0.15) is 11.3 Å². The van der Waals surface area contributed by atoms with Crippen molar-refractivity contribution in [1.82, 2.24) is 25.3 Å². The molecule has 19 heavy (non-hydrogen) atoms. The molecule has 1 aromatic carbocycles. The zero-order valence-corrected chi connectivity index (χ0v) is 10.5. The summed E-state index contributed by atoms with van der Waals surface area (Å²) >= 11 is 0. The molecule has 3 rings (SSSR count). The smallest absolute Gasteiger partial charge is 0.0766 e. The highest BCUT2D eigenvalue weighted by atomic mass is 15.3. The predicted molar refractivity (Wildman–Crippen MR) is 72.7 cm³/mol. The summed E-state index contributed by atoms with van der Waals surface area (Å²) in [6.45, 7) is 1.53. The van der Waals surface area contributed by atoms with Gasteiger partial charge in [0.05, 0.1) is 17.6 Å². The molecule has 0 aliphatic rings. The molecule has 2 heterocycles. The maximum Gasteiger partial charge on any atom is 0.0766 e. The van der Waals surface area contributed by atoms with E-state index in [0.717, 1.165) is 30.0 Å². The number of aromatic amines is 1. The van der Waals surface area contributed by atoms with Crippen LogP contribution in [0.15, 0.2) is 55.0 Å². The Morgan fingerprint density at radius 1 is 1.11 bits per heavy atom. The first kappa shape index (κ1) is 11.7. The summed E-state index contributed by atoms with van der Waals surface area (Å²) in [5, 5.41) is 14.6. The first-order valence-corrected chi connectivity index (χ1v) is 6.20. The lowest BCUT2D eigenvalue weighted by molar-refractivity contribution is 0.669. The quantitative estimate of drug-likeness (QED) is 0.730. The van der Waals surface area contributed by atoms with E-state index in [0.29, 0.717) is 0 Å². The number of rotatable bonds is 5. The molecule has 96 valence electrons. The van der Waals surface area contributed by atoms with E-state index in [2.05, 4.69) is 20.6 Å². The van der Waals surface area contributed by atoms with Crippen LogP contribution in [-0.4, -0.2) is 20.0 Å². The van der Waals surface area contributed by atoms with Crippen LogP contribution in [0.4, 0.5) is 0 Å². The van der Waals surface area contributed by atoms with E-state index in [1.54, 1.807) is 0 Å². The Balaban J connectivity index is 1.59. The monoisotopic (exact) mass is 253 g/mol. The highest BCUT2D eigenvalue weighted by Crippen LogP contribution is 2.06. The van der Waals surface area contributed by atoms with Crippen molar-refractivity contribution in [1.29, 1.82) is 0 Å². The van der Waals surface area contributed by atoms with Crippen LogP contribution in [0.5, 0.6) is 0 Å². The second kappa shape index (κ2) is 5.49. The minimum Gasteiger partial charge on any atom is -0.307 e. The molecule has 3 aromatic rings. The van der Waals surface area contributed by atoms with Gasteiger partial charge < -0.3 is 5.32 Å². The maximum atomic E-state index is 4.53. The van der Waals surface area contributed by atoms with Crippen LogP contribution >= 0.6 is 0 Å². The van der Waals surface area contributed by atoms with Crippen LogP contribution in [0.3, 0.4) is 0 Å². The van der Waals surface area contributed by atoms with Crippen molar-refractivity contribution < 1.29 is 0 Å². The number of nitrogens with one attached hydrogen (secondary N) is 2. The Morgan fingerprint density at radius 3 is 2.79 bits per heavy atom. The molecule has 2 aromatic heterocycles. The van der Waals surface area contributed by atoms with Gasteiger partial charge in [0.2, 0.25) is 0 Å². The normalized spacial score (nSPS) is 10.7. The first-order chi connectivity index (χ1) is 9.42. The Hall–Kier alpha value is -2.40. The lowest BCUT2D eigenvalue weighted by atomic mass is 10.3.